The first kappa shape index (κ1) is 15.7. The molecule has 106 valence electrons. The summed E-state index contributed by atoms with van der Waals surface area (Å²) in [6, 6.07) is 15.7. The van der Waals surface area contributed by atoms with E-state index in [-0.39, 0.29) is 4.83 Å². The zero-order valence-electron chi connectivity index (χ0n) is 12.3. The van der Waals surface area contributed by atoms with E-state index < -0.39 is 0 Å². The Morgan fingerprint density at radius 1 is 0.900 bits per heavy atom. The van der Waals surface area contributed by atoms with Crippen LogP contribution < -0.4 is 0 Å². The number of benzene rings is 2. The van der Waals surface area contributed by atoms with Gasteiger partial charge in [-0.05, 0) is 53.5 Å². The van der Waals surface area contributed by atoms with Crippen molar-refractivity contribution in [3.05, 3.63) is 64.7 Å². The second-order valence-corrected chi connectivity index (χ2v) is 6.67. The Morgan fingerprint density at radius 2 is 1.50 bits per heavy atom. The molecule has 0 saturated heterocycles. The van der Waals surface area contributed by atoms with Gasteiger partial charge in [0.1, 0.15) is 0 Å². The first-order chi connectivity index (χ1) is 9.69. The molecule has 2 aromatic carbocycles. The van der Waals surface area contributed by atoms with Gasteiger partial charge in [-0.1, -0.05) is 60.1 Å². The first-order valence-corrected chi connectivity index (χ1v) is 9.23. The normalized spacial score (nSPS) is 12.4. The largest absolute Gasteiger partial charge is 0.130 e. The maximum atomic E-state index is 3.84. The smallest absolute Gasteiger partial charge is 0.0644 e. The van der Waals surface area contributed by atoms with E-state index in [0.29, 0.717) is 0 Å². The summed E-state index contributed by atoms with van der Waals surface area (Å²) in [7, 11) is 0. The molecule has 1 unspecified atom stereocenters. The van der Waals surface area contributed by atoms with Gasteiger partial charge in [0.05, 0.1) is 4.83 Å². The van der Waals surface area contributed by atoms with Crippen LogP contribution in [0, 0.1) is 0 Å². The van der Waals surface area contributed by atoms with Gasteiger partial charge in [-0.25, -0.2) is 0 Å². The zero-order valence-corrected chi connectivity index (χ0v) is 14.7. The van der Waals surface area contributed by atoms with E-state index >= 15 is 0 Å². The highest BCUT2D eigenvalue weighted by Crippen LogP contribution is 2.33. The molecule has 20 heavy (non-hydrogen) atoms. The van der Waals surface area contributed by atoms with Gasteiger partial charge in [0.25, 0.3) is 0 Å². The van der Waals surface area contributed by atoms with Gasteiger partial charge in [-0.15, -0.1) is 11.8 Å². The molecular weight excluding hydrogens is 328 g/mol. The molecule has 1 atom stereocenters. The lowest BCUT2D eigenvalue weighted by Gasteiger charge is -2.14. The highest BCUT2D eigenvalue weighted by atomic mass is 79.9. The summed E-state index contributed by atoms with van der Waals surface area (Å²) >= 11 is 5.62. The fourth-order valence-electron chi connectivity index (χ4n) is 2.44. The molecule has 0 aromatic heterocycles. The van der Waals surface area contributed by atoms with Gasteiger partial charge in [-0.2, -0.15) is 0 Å². The Balaban J connectivity index is 2.29. The van der Waals surface area contributed by atoms with Crippen molar-refractivity contribution in [1.82, 2.24) is 0 Å². The minimum absolute atomic E-state index is 0.273. The molecule has 0 fully saturated rings. The van der Waals surface area contributed by atoms with E-state index in [2.05, 4.69) is 78.5 Å². The molecular formula is C18H21BrS. The Bertz CT molecular complexity index is 560. The quantitative estimate of drug-likeness (QED) is 0.470. The molecule has 0 aliphatic heterocycles. The Morgan fingerprint density at radius 3 is 2.05 bits per heavy atom. The van der Waals surface area contributed by atoms with Crippen molar-refractivity contribution in [2.45, 2.75) is 36.4 Å². The fourth-order valence-corrected chi connectivity index (χ4v) is 3.44. The molecule has 0 aliphatic rings. The molecule has 2 aromatic rings. The summed E-state index contributed by atoms with van der Waals surface area (Å²) in [5.74, 6) is 0. The summed E-state index contributed by atoms with van der Waals surface area (Å²) in [4.78, 5) is 1.58. The molecule has 0 nitrogen and oxygen atoms in total. The van der Waals surface area contributed by atoms with Gasteiger partial charge >= 0.3 is 0 Å². The number of hydrogen-bond donors (Lipinski definition) is 0. The predicted octanol–water partition coefficient (Wildman–Crippen LogP) is 6.02. The van der Waals surface area contributed by atoms with Crippen LogP contribution in [0.1, 0.15) is 40.9 Å². The Labute approximate surface area is 135 Å². The highest BCUT2D eigenvalue weighted by Gasteiger charge is 2.12. The molecule has 0 N–H and O–H groups in total. The second kappa shape index (κ2) is 7.33. The van der Waals surface area contributed by atoms with E-state index in [1.807, 2.05) is 0 Å². The molecule has 2 rings (SSSR count). The van der Waals surface area contributed by atoms with Crippen LogP contribution in [0.2, 0.25) is 0 Å². The summed E-state index contributed by atoms with van der Waals surface area (Å²) in [6.07, 6.45) is 4.32. The van der Waals surface area contributed by atoms with Crippen molar-refractivity contribution in [1.29, 1.82) is 0 Å². The molecule has 0 spiro atoms. The van der Waals surface area contributed by atoms with Gasteiger partial charge in [0, 0.05) is 4.90 Å². The number of hydrogen-bond acceptors (Lipinski definition) is 1. The van der Waals surface area contributed by atoms with E-state index in [4.69, 9.17) is 0 Å². The monoisotopic (exact) mass is 348 g/mol. The van der Waals surface area contributed by atoms with Crippen molar-refractivity contribution < 1.29 is 0 Å². The maximum Gasteiger partial charge on any atom is 0.0644 e. The second-order valence-electron chi connectivity index (χ2n) is 4.87. The molecule has 2 heteroatoms. The molecule has 0 saturated carbocycles. The van der Waals surface area contributed by atoms with Crippen LogP contribution in [0.4, 0.5) is 0 Å². The van der Waals surface area contributed by atoms with Gasteiger partial charge < -0.3 is 0 Å². The predicted molar refractivity (Wildman–Crippen MR) is 94.2 cm³/mol. The third-order valence-electron chi connectivity index (χ3n) is 3.69. The molecule has 0 aliphatic carbocycles. The SMILES string of the molecule is CCc1ccc(C(Br)c2ccc(SC)cc2)cc1CC. The van der Waals surface area contributed by atoms with E-state index in [0.717, 1.165) is 12.8 Å². The minimum atomic E-state index is 0.273. The van der Waals surface area contributed by atoms with Crippen LogP contribution in [0.15, 0.2) is 47.4 Å². The van der Waals surface area contributed by atoms with Gasteiger partial charge in [-0.3, -0.25) is 0 Å². The zero-order chi connectivity index (χ0) is 14.5. The summed E-state index contributed by atoms with van der Waals surface area (Å²) in [5.41, 5.74) is 5.59. The molecule has 0 heterocycles. The van der Waals surface area contributed by atoms with Crippen LogP contribution in [0.3, 0.4) is 0 Å². The van der Waals surface area contributed by atoms with Crippen molar-refractivity contribution in [3.8, 4) is 0 Å². The first-order valence-electron chi connectivity index (χ1n) is 7.09. The number of halogens is 1. The maximum absolute atomic E-state index is 3.84. The average Bonchev–Trinajstić information content (AvgIpc) is 2.53. The summed E-state index contributed by atoms with van der Waals surface area (Å²) < 4.78 is 0. The van der Waals surface area contributed by atoms with Crippen LogP contribution >= 0.6 is 27.7 Å². The number of alkyl halides is 1. The Hall–Kier alpha value is -0.730. The summed E-state index contributed by atoms with van der Waals surface area (Å²) in [6.45, 7) is 4.45. The lowest BCUT2D eigenvalue weighted by Crippen LogP contribution is -1.97. The van der Waals surface area contributed by atoms with Crippen molar-refractivity contribution >= 4 is 27.7 Å². The summed E-state index contributed by atoms with van der Waals surface area (Å²) in [5, 5.41) is 0. The van der Waals surface area contributed by atoms with Crippen molar-refractivity contribution in [2.75, 3.05) is 6.26 Å². The standard InChI is InChI=1S/C18H21BrS/c1-4-13-6-7-16(12-14(13)5-2)18(19)15-8-10-17(20-3)11-9-15/h6-12,18H,4-5H2,1-3H3. The average molecular weight is 349 g/mol. The van der Waals surface area contributed by atoms with E-state index in [1.54, 1.807) is 11.8 Å². The fraction of sp³-hybridized carbons (Fsp3) is 0.333. The third-order valence-corrected chi connectivity index (χ3v) is 5.49. The van der Waals surface area contributed by atoms with E-state index in [9.17, 15) is 0 Å². The number of rotatable bonds is 5. The van der Waals surface area contributed by atoms with Crippen molar-refractivity contribution in [2.24, 2.45) is 0 Å². The van der Waals surface area contributed by atoms with Crippen LogP contribution in [-0.2, 0) is 12.8 Å². The number of aryl methyl sites for hydroxylation is 2. The van der Waals surface area contributed by atoms with Crippen LogP contribution in [-0.4, -0.2) is 6.26 Å². The third kappa shape index (κ3) is 3.48. The lowest BCUT2D eigenvalue weighted by molar-refractivity contribution is 1.02. The van der Waals surface area contributed by atoms with E-state index in [1.165, 1.54) is 27.1 Å². The van der Waals surface area contributed by atoms with Gasteiger partial charge in [0.15, 0.2) is 0 Å². The minimum Gasteiger partial charge on any atom is -0.130 e. The van der Waals surface area contributed by atoms with Crippen LogP contribution in [0.5, 0.6) is 0 Å². The molecule has 0 radical (unpaired) electrons. The molecule has 0 bridgehead atoms. The van der Waals surface area contributed by atoms with Crippen LogP contribution in [0.25, 0.3) is 0 Å². The highest BCUT2D eigenvalue weighted by molar-refractivity contribution is 9.09. The number of thioether (sulfide) groups is 1. The lowest BCUT2D eigenvalue weighted by atomic mass is 9.97. The Kier molecular flexibility index (Phi) is 5.74. The van der Waals surface area contributed by atoms with Crippen molar-refractivity contribution in [3.63, 3.8) is 0 Å². The van der Waals surface area contributed by atoms with Gasteiger partial charge in [0.2, 0.25) is 0 Å². The topological polar surface area (TPSA) is 0 Å². The molecule has 0 amide bonds.